The molecule has 3 unspecified atom stereocenters. The molecule has 3 atom stereocenters. The molecule has 0 aromatic carbocycles. The van der Waals surface area contributed by atoms with E-state index >= 15 is 0 Å². The van der Waals surface area contributed by atoms with Crippen LogP contribution < -0.4 is 0 Å². The molecule has 0 heterocycles. The summed E-state index contributed by atoms with van der Waals surface area (Å²) in [5, 5.41) is 0. The summed E-state index contributed by atoms with van der Waals surface area (Å²) in [6, 6.07) is 0. The van der Waals surface area contributed by atoms with Gasteiger partial charge in [-0.1, -0.05) is 143 Å². The first kappa shape index (κ1) is 28.7. The summed E-state index contributed by atoms with van der Waals surface area (Å²) < 4.78 is 0. The lowest BCUT2D eigenvalue weighted by molar-refractivity contribution is 0.379. The van der Waals surface area contributed by atoms with Crippen molar-refractivity contribution in [2.24, 2.45) is 17.8 Å². The topological polar surface area (TPSA) is 0 Å². The van der Waals surface area contributed by atoms with Crippen molar-refractivity contribution in [3.05, 3.63) is 12.2 Å². The molecule has 0 heteroatoms. The van der Waals surface area contributed by atoms with Gasteiger partial charge in [-0.2, -0.15) is 0 Å². The number of allylic oxidation sites excluding steroid dienone is 2. The number of unbranched alkanes of at least 4 members (excludes halogenated alkanes) is 9. The predicted molar refractivity (Wildman–Crippen MR) is 136 cm³/mol. The lowest BCUT2D eigenvalue weighted by atomic mass is 9.91. The lowest BCUT2D eigenvalue weighted by Gasteiger charge is -2.15. The molecule has 0 aromatic rings. The van der Waals surface area contributed by atoms with Crippen molar-refractivity contribution >= 4 is 0 Å². The highest BCUT2D eigenvalue weighted by molar-refractivity contribution is 4.81. The molecule has 0 aromatic heterocycles. The molecule has 0 aliphatic carbocycles. The van der Waals surface area contributed by atoms with Gasteiger partial charge in [0.2, 0.25) is 0 Å². The van der Waals surface area contributed by atoms with Gasteiger partial charge in [0.25, 0.3) is 0 Å². The summed E-state index contributed by atoms with van der Waals surface area (Å²) >= 11 is 0. The molecule has 0 amide bonds. The smallest absolute Gasteiger partial charge is 0.0351 e. The summed E-state index contributed by atoms with van der Waals surface area (Å²) in [6.45, 7) is 12.0. The van der Waals surface area contributed by atoms with Gasteiger partial charge in [0.1, 0.15) is 0 Å². The predicted octanol–water partition coefficient (Wildman–Crippen LogP) is 10.9. The molecule has 0 fully saturated rings. The van der Waals surface area contributed by atoms with Crippen LogP contribution in [0, 0.1) is 17.8 Å². The van der Waals surface area contributed by atoms with E-state index in [1.165, 1.54) is 122 Å². The van der Waals surface area contributed by atoms with Gasteiger partial charge in [0.15, 0.2) is 0 Å². The second kappa shape index (κ2) is 22.4. The highest BCUT2D eigenvalue weighted by Gasteiger charge is 2.07. The van der Waals surface area contributed by atoms with E-state index in [-0.39, 0.29) is 0 Å². The highest BCUT2D eigenvalue weighted by atomic mass is 14.1. The molecule has 0 bridgehead atoms. The van der Waals surface area contributed by atoms with E-state index < -0.39 is 0 Å². The van der Waals surface area contributed by atoms with Crippen molar-refractivity contribution in [1.82, 2.24) is 0 Å². The maximum absolute atomic E-state index is 2.48. The molecule has 0 radical (unpaired) electrons. The van der Waals surface area contributed by atoms with Gasteiger partial charge in [-0.15, -0.1) is 0 Å². The van der Waals surface area contributed by atoms with E-state index in [0.29, 0.717) is 0 Å². The van der Waals surface area contributed by atoms with Crippen molar-refractivity contribution in [2.75, 3.05) is 0 Å². The zero-order valence-corrected chi connectivity index (χ0v) is 21.3. The van der Waals surface area contributed by atoms with Crippen LogP contribution in [-0.2, 0) is 0 Å². The monoisotopic (exact) mass is 406 g/mol. The second-order valence-corrected chi connectivity index (χ2v) is 10.3. The minimum absolute atomic E-state index is 0.931. The first-order valence-electron chi connectivity index (χ1n) is 13.7. The number of hydrogen-bond donors (Lipinski definition) is 0. The van der Waals surface area contributed by atoms with E-state index in [0.717, 1.165) is 17.8 Å². The Bertz CT molecular complexity index is 329. The Morgan fingerprint density at radius 2 is 0.793 bits per heavy atom. The van der Waals surface area contributed by atoms with Crippen LogP contribution in [0.4, 0.5) is 0 Å². The minimum atomic E-state index is 0.931. The Morgan fingerprint density at radius 1 is 0.414 bits per heavy atom. The molecule has 174 valence electrons. The van der Waals surface area contributed by atoms with Gasteiger partial charge in [-0.25, -0.2) is 0 Å². The fourth-order valence-electron chi connectivity index (χ4n) is 4.42. The van der Waals surface area contributed by atoms with Crippen LogP contribution in [0.25, 0.3) is 0 Å². The summed E-state index contributed by atoms with van der Waals surface area (Å²) in [5.41, 5.74) is 0. The molecule has 0 saturated carbocycles. The number of rotatable bonds is 22. The average Bonchev–Trinajstić information content (AvgIpc) is 2.71. The Balaban J connectivity index is 3.40. The molecule has 0 N–H and O–H groups in total. The van der Waals surface area contributed by atoms with Crippen molar-refractivity contribution in [3.8, 4) is 0 Å². The molecule has 0 rings (SSSR count). The summed E-state index contributed by atoms with van der Waals surface area (Å²) in [7, 11) is 0. The Labute approximate surface area is 186 Å². The summed E-state index contributed by atoms with van der Waals surface area (Å²) in [6.07, 6.45) is 31.7. The van der Waals surface area contributed by atoms with Crippen molar-refractivity contribution in [3.63, 3.8) is 0 Å². The van der Waals surface area contributed by atoms with E-state index in [1.54, 1.807) is 0 Å². The third kappa shape index (κ3) is 22.3. The van der Waals surface area contributed by atoms with Crippen molar-refractivity contribution < 1.29 is 0 Å². The standard InChI is InChI=1S/C29H58/c1-6-8-10-18-23-28(4)25-26-29(5)24-20-16-14-12-11-13-15-19-22-27(3)21-17-9-7-2/h11,13,27-29H,6-10,12,14-26H2,1-5H3/b13-11+. The van der Waals surface area contributed by atoms with Gasteiger partial charge in [0.05, 0.1) is 0 Å². The largest absolute Gasteiger partial charge is 0.0885 e. The molecular formula is C29H58. The first-order valence-corrected chi connectivity index (χ1v) is 13.7. The summed E-state index contributed by atoms with van der Waals surface area (Å²) in [5.74, 6) is 2.81. The second-order valence-electron chi connectivity index (χ2n) is 10.3. The van der Waals surface area contributed by atoms with Gasteiger partial charge >= 0.3 is 0 Å². The van der Waals surface area contributed by atoms with E-state index in [9.17, 15) is 0 Å². The summed E-state index contributed by atoms with van der Waals surface area (Å²) in [4.78, 5) is 0. The first-order chi connectivity index (χ1) is 14.1. The zero-order chi connectivity index (χ0) is 21.6. The maximum Gasteiger partial charge on any atom is -0.0351 e. The molecule has 0 nitrogen and oxygen atoms in total. The lowest BCUT2D eigenvalue weighted by Crippen LogP contribution is -2.01. The van der Waals surface area contributed by atoms with E-state index in [1.807, 2.05) is 0 Å². The van der Waals surface area contributed by atoms with Crippen LogP contribution in [0.15, 0.2) is 12.2 Å². The van der Waals surface area contributed by atoms with Crippen LogP contribution in [0.5, 0.6) is 0 Å². The van der Waals surface area contributed by atoms with Gasteiger partial charge in [-0.3, -0.25) is 0 Å². The van der Waals surface area contributed by atoms with Gasteiger partial charge < -0.3 is 0 Å². The fourth-order valence-corrected chi connectivity index (χ4v) is 4.42. The van der Waals surface area contributed by atoms with Crippen LogP contribution >= 0.6 is 0 Å². The minimum Gasteiger partial charge on any atom is -0.0885 e. The normalized spacial score (nSPS) is 15.1. The van der Waals surface area contributed by atoms with Crippen molar-refractivity contribution in [1.29, 1.82) is 0 Å². The van der Waals surface area contributed by atoms with Crippen molar-refractivity contribution in [2.45, 2.75) is 157 Å². The highest BCUT2D eigenvalue weighted by Crippen LogP contribution is 2.22. The molecule has 0 saturated heterocycles. The Kier molecular flexibility index (Phi) is 22.2. The number of hydrogen-bond acceptors (Lipinski definition) is 0. The van der Waals surface area contributed by atoms with E-state index in [4.69, 9.17) is 0 Å². The van der Waals surface area contributed by atoms with Gasteiger partial charge in [0, 0.05) is 0 Å². The molecular weight excluding hydrogens is 348 g/mol. The molecule has 0 aliphatic heterocycles. The Morgan fingerprint density at radius 3 is 1.34 bits per heavy atom. The molecule has 0 spiro atoms. The SMILES string of the molecule is CCCCCCC(C)CCC(C)CCCCC/C=C/CCCC(C)CCCCC. The molecule has 0 aliphatic rings. The van der Waals surface area contributed by atoms with Crippen LogP contribution in [0.2, 0.25) is 0 Å². The van der Waals surface area contributed by atoms with E-state index in [2.05, 4.69) is 46.8 Å². The quantitative estimate of drug-likeness (QED) is 0.124. The third-order valence-corrected chi connectivity index (χ3v) is 6.81. The fraction of sp³-hybridized carbons (Fsp3) is 0.931. The zero-order valence-electron chi connectivity index (χ0n) is 21.3. The van der Waals surface area contributed by atoms with Gasteiger partial charge in [-0.05, 0) is 43.4 Å². The molecule has 29 heavy (non-hydrogen) atoms. The van der Waals surface area contributed by atoms with Crippen LogP contribution in [-0.4, -0.2) is 0 Å². The van der Waals surface area contributed by atoms with Crippen LogP contribution in [0.3, 0.4) is 0 Å². The Hall–Kier alpha value is -0.260. The average molecular weight is 407 g/mol. The third-order valence-electron chi connectivity index (χ3n) is 6.81. The maximum atomic E-state index is 2.48. The van der Waals surface area contributed by atoms with Crippen LogP contribution in [0.1, 0.15) is 157 Å².